The second kappa shape index (κ2) is 6.35. The van der Waals surface area contributed by atoms with Gasteiger partial charge in [0.05, 0.1) is 0 Å². The third-order valence-electron chi connectivity index (χ3n) is 1.01. The summed E-state index contributed by atoms with van der Waals surface area (Å²) in [6.45, 7) is 1.73. The van der Waals surface area contributed by atoms with Crippen molar-refractivity contribution in [3.8, 4) is 0 Å². The van der Waals surface area contributed by atoms with Gasteiger partial charge >= 0.3 is 29.6 Å². The van der Waals surface area contributed by atoms with Gasteiger partial charge in [-0.05, 0) is 6.42 Å². The second-order valence-electron chi connectivity index (χ2n) is 1.82. The number of hydrogen-bond acceptors (Lipinski definition) is 4. The van der Waals surface area contributed by atoms with Gasteiger partial charge in [-0.25, -0.2) is 0 Å². The standard InChI is InChI=1S/C5H11O4P.Na/c1-3-4-5(6)10(7,8)9-2;/h3-4H2,1-2H3,(H,7,8);/q;+1/p-1. The molecule has 0 fully saturated rings. The molecule has 0 rings (SSSR count). The fourth-order valence-electron chi connectivity index (χ4n) is 0.453. The normalized spacial score (nSPS) is 14.8. The first-order chi connectivity index (χ1) is 4.54. The van der Waals surface area contributed by atoms with Crippen molar-refractivity contribution >= 4 is 13.1 Å². The summed E-state index contributed by atoms with van der Waals surface area (Å²) in [5.41, 5.74) is -0.822. The molecule has 0 spiro atoms. The molecule has 0 heterocycles. The molecule has 1 atom stereocenters. The molecule has 60 valence electrons. The minimum atomic E-state index is -4.17. The number of rotatable bonds is 4. The predicted octanol–water partition coefficient (Wildman–Crippen LogP) is -2.48. The van der Waals surface area contributed by atoms with Gasteiger partial charge in [0.1, 0.15) is 0 Å². The van der Waals surface area contributed by atoms with Crippen LogP contribution >= 0.6 is 7.60 Å². The molecule has 0 bridgehead atoms. The quantitative estimate of drug-likeness (QED) is 0.362. The molecular formula is C5H10NaO4P. The van der Waals surface area contributed by atoms with E-state index >= 15 is 0 Å². The zero-order chi connectivity index (χ0) is 8.20. The summed E-state index contributed by atoms with van der Waals surface area (Å²) in [5, 5.41) is 0. The van der Waals surface area contributed by atoms with E-state index < -0.39 is 13.1 Å². The van der Waals surface area contributed by atoms with E-state index in [1.807, 2.05) is 0 Å². The Morgan fingerprint density at radius 3 is 2.36 bits per heavy atom. The monoisotopic (exact) mass is 188 g/mol. The Kier molecular flexibility index (Phi) is 8.28. The van der Waals surface area contributed by atoms with Crippen LogP contribution in [0.3, 0.4) is 0 Å². The third kappa shape index (κ3) is 5.12. The van der Waals surface area contributed by atoms with Crippen molar-refractivity contribution in [2.45, 2.75) is 19.8 Å². The fourth-order valence-corrected chi connectivity index (χ4v) is 1.15. The Labute approximate surface area is 88.1 Å². The van der Waals surface area contributed by atoms with Crippen molar-refractivity contribution < 1.29 is 48.3 Å². The molecule has 0 saturated heterocycles. The van der Waals surface area contributed by atoms with Gasteiger partial charge in [0.25, 0.3) is 0 Å². The Morgan fingerprint density at radius 2 is 2.09 bits per heavy atom. The molecule has 0 aromatic rings. The molecule has 0 aliphatic rings. The van der Waals surface area contributed by atoms with Crippen LogP contribution in [0.4, 0.5) is 0 Å². The summed E-state index contributed by atoms with van der Waals surface area (Å²) in [7, 11) is -3.18. The van der Waals surface area contributed by atoms with Crippen LogP contribution in [0.15, 0.2) is 0 Å². The smallest absolute Gasteiger partial charge is 0.773 e. The zero-order valence-corrected chi connectivity index (χ0v) is 9.89. The van der Waals surface area contributed by atoms with Crippen LogP contribution < -0.4 is 34.5 Å². The Balaban J connectivity index is 0. The second-order valence-corrected chi connectivity index (χ2v) is 3.68. The first kappa shape index (κ1) is 14.3. The average Bonchev–Trinajstić information content (AvgIpc) is 1.89. The van der Waals surface area contributed by atoms with Crippen molar-refractivity contribution in [2.75, 3.05) is 7.11 Å². The summed E-state index contributed by atoms with van der Waals surface area (Å²) in [6, 6.07) is 0. The number of carbonyl (C=O) groups excluding carboxylic acids is 1. The van der Waals surface area contributed by atoms with E-state index in [0.29, 0.717) is 6.42 Å². The molecule has 0 amide bonds. The van der Waals surface area contributed by atoms with E-state index in [1.165, 1.54) is 0 Å². The van der Waals surface area contributed by atoms with Gasteiger partial charge in [-0.1, -0.05) is 6.92 Å². The van der Waals surface area contributed by atoms with Crippen molar-refractivity contribution in [1.82, 2.24) is 0 Å². The topological polar surface area (TPSA) is 66.4 Å². The summed E-state index contributed by atoms with van der Waals surface area (Å²) in [6.07, 6.45) is 0.559. The SMILES string of the molecule is CCCC(=O)P(=O)([O-])OC.[Na+]. The Hall–Kier alpha value is 0.820. The first-order valence-corrected chi connectivity index (χ1v) is 4.49. The Bertz CT molecular complexity index is 170. The van der Waals surface area contributed by atoms with Crippen LogP contribution in [0.2, 0.25) is 0 Å². The summed E-state index contributed by atoms with van der Waals surface area (Å²) in [5.74, 6) is 0. The largest absolute Gasteiger partial charge is 1.00 e. The Morgan fingerprint density at radius 1 is 1.64 bits per heavy atom. The maximum absolute atomic E-state index is 10.6. The van der Waals surface area contributed by atoms with Crippen LogP contribution in [0.25, 0.3) is 0 Å². The summed E-state index contributed by atoms with van der Waals surface area (Å²) < 4.78 is 14.5. The van der Waals surface area contributed by atoms with Gasteiger partial charge in [0, 0.05) is 13.5 Å². The van der Waals surface area contributed by atoms with Crippen LogP contribution in [0, 0.1) is 0 Å². The molecule has 6 heteroatoms. The van der Waals surface area contributed by atoms with Crippen LogP contribution in [0.5, 0.6) is 0 Å². The zero-order valence-electron chi connectivity index (χ0n) is 6.99. The van der Waals surface area contributed by atoms with Crippen molar-refractivity contribution in [3.05, 3.63) is 0 Å². The molecule has 0 radical (unpaired) electrons. The van der Waals surface area contributed by atoms with E-state index in [-0.39, 0.29) is 36.0 Å². The van der Waals surface area contributed by atoms with Crippen molar-refractivity contribution in [2.24, 2.45) is 0 Å². The third-order valence-corrected chi connectivity index (χ3v) is 2.32. The van der Waals surface area contributed by atoms with Gasteiger partial charge < -0.3 is 14.0 Å². The molecule has 0 aliphatic heterocycles. The molecule has 0 saturated carbocycles. The summed E-state index contributed by atoms with van der Waals surface area (Å²) >= 11 is 0. The van der Waals surface area contributed by atoms with E-state index in [9.17, 15) is 14.3 Å². The predicted molar refractivity (Wildman–Crippen MR) is 34.5 cm³/mol. The van der Waals surface area contributed by atoms with Crippen molar-refractivity contribution in [1.29, 1.82) is 0 Å². The van der Waals surface area contributed by atoms with Crippen LogP contribution in [-0.4, -0.2) is 12.6 Å². The maximum atomic E-state index is 10.6. The first-order valence-electron chi connectivity index (χ1n) is 2.94. The summed E-state index contributed by atoms with van der Waals surface area (Å²) in [4.78, 5) is 21.1. The van der Waals surface area contributed by atoms with E-state index in [0.717, 1.165) is 7.11 Å². The molecule has 1 unspecified atom stereocenters. The molecular weight excluding hydrogens is 178 g/mol. The minimum Gasteiger partial charge on any atom is -0.773 e. The van der Waals surface area contributed by atoms with E-state index in [2.05, 4.69) is 4.52 Å². The van der Waals surface area contributed by atoms with Crippen molar-refractivity contribution in [3.63, 3.8) is 0 Å². The minimum absolute atomic E-state index is 0. The number of hydrogen-bond donors (Lipinski definition) is 0. The van der Waals surface area contributed by atoms with E-state index in [4.69, 9.17) is 0 Å². The van der Waals surface area contributed by atoms with Crippen LogP contribution in [0.1, 0.15) is 19.8 Å². The molecule has 0 N–H and O–H groups in total. The van der Waals surface area contributed by atoms with Gasteiger partial charge in [-0.15, -0.1) is 0 Å². The fraction of sp³-hybridized carbons (Fsp3) is 0.800. The van der Waals surface area contributed by atoms with Crippen LogP contribution in [-0.2, 0) is 13.9 Å². The van der Waals surface area contributed by atoms with Gasteiger partial charge in [0.2, 0.25) is 5.52 Å². The van der Waals surface area contributed by atoms with E-state index in [1.54, 1.807) is 6.92 Å². The average molecular weight is 188 g/mol. The molecule has 0 aromatic heterocycles. The van der Waals surface area contributed by atoms with Gasteiger partial charge in [-0.3, -0.25) is 4.79 Å². The number of carbonyl (C=O) groups is 1. The van der Waals surface area contributed by atoms with Gasteiger partial charge in [0.15, 0.2) is 7.60 Å². The molecule has 4 nitrogen and oxygen atoms in total. The molecule has 11 heavy (non-hydrogen) atoms. The maximum Gasteiger partial charge on any atom is 1.00 e. The van der Waals surface area contributed by atoms with Gasteiger partial charge in [-0.2, -0.15) is 0 Å². The molecule has 0 aliphatic carbocycles. The molecule has 0 aromatic carbocycles.